The van der Waals surface area contributed by atoms with Crippen LogP contribution in [0.4, 0.5) is 24.5 Å². The minimum atomic E-state index is -4.59. The Bertz CT molecular complexity index is 1230. The third kappa shape index (κ3) is 7.51. The number of anilines is 2. The minimum Gasteiger partial charge on any atom is -0.325 e. The van der Waals surface area contributed by atoms with Crippen molar-refractivity contribution in [3.63, 3.8) is 0 Å². The number of thioether (sulfide) groups is 1. The Morgan fingerprint density at radius 1 is 0.939 bits per heavy atom. The fourth-order valence-electron chi connectivity index (χ4n) is 2.78. The van der Waals surface area contributed by atoms with Gasteiger partial charge in [-0.25, -0.2) is 8.42 Å². The zero-order valence-corrected chi connectivity index (χ0v) is 20.1. The molecule has 1 amide bonds. The van der Waals surface area contributed by atoms with E-state index in [1.54, 1.807) is 0 Å². The molecule has 0 saturated carbocycles. The van der Waals surface area contributed by atoms with E-state index in [1.165, 1.54) is 42.1 Å². The molecule has 11 heteroatoms. The van der Waals surface area contributed by atoms with Gasteiger partial charge < -0.3 is 5.32 Å². The maximum atomic E-state index is 12.8. The summed E-state index contributed by atoms with van der Waals surface area (Å²) in [7, 11) is -4.11. The molecule has 0 radical (unpaired) electrons. The lowest BCUT2D eigenvalue weighted by Gasteiger charge is -2.12. The van der Waals surface area contributed by atoms with Crippen LogP contribution in [-0.4, -0.2) is 20.1 Å². The minimum absolute atomic E-state index is 0.151. The summed E-state index contributed by atoms with van der Waals surface area (Å²) in [6.45, 7) is 0. The number of alkyl halides is 3. The third-order valence-corrected chi connectivity index (χ3v) is 7.18. The second kappa shape index (κ2) is 10.6. The molecule has 3 aromatic rings. The monoisotopic (exact) mass is 558 g/mol. The molecular formula is C22H18BrF3N2O3S2. The molecule has 0 aliphatic rings. The highest BCUT2D eigenvalue weighted by molar-refractivity contribution is 9.10. The van der Waals surface area contributed by atoms with Gasteiger partial charge in [0.25, 0.3) is 10.0 Å². The zero-order chi connectivity index (χ0) is 24.1. The van der Waals surface area contributed by atoms with Crippen molar-refractivity contribution >= 4 is 55.0 Å². The van der Waals surface area contributed by atoms with Gasteiger partial charge in [0.1, 0.15) is 0 Å². The Kier molecular flexibility index (Phi) is 8.09. The van der Waals surface area contributed by atoms with Crippen LogP contribution < -0.4 is 10.0 Å². The van der Waals surface area contributed by atoms with Gasteiger partial charge in [-0.15, -0.1) is 11.8 Å². The predicted molar refractivity (Wildman–Crippen MR) is 128 cm³/mol. The van der Waals surface area contributed by atoms with Gasteiger partial charge in [-0.05, 0) is 60.2 Å². The fourth-order valence-corrected chi connectivity index (χ4v) is 5.05. The number of nitrogens with one attached hydrogen (secondary N) is 2. The number of halogens is 4. The van der Waals surface area contributed by atoms with Crippen LogP contribution in [0.3, 0.4) is 0 Å². The number of carbonyl (C=O) groups is 1. The highest BCUT2D eigenvalue weighted by Gasteiger charge is 2.30. The van der Waals surface area contributed by atoms with E-state index in [2.05, 4.69) is 26.0 Å². The van der Waals surface area contributed by atoms with Crippen molar-refractivity contribution in [2.75, 3.05) is 15.8 Å². The van der Waals surface area contributed by atoms with E-state index in [9.17, 15) is 26.4 Å². The van der Waals surface area contributed by atoms with E-state index in [0.29, 0.717) is 11.4 Å². The zero-order valence-electron chi connectivity index (χ0n) is 16.9. The van der Waals surface area contributed by atoms with Crippen LogP contribution in [0.2, 0.25) is 0 Å². The van der Waals surface area contributed by atoms with E-state index in [1.807, 2.05) is 24.3 Å². The van der Waals surface area contributed by atoms with Crippen molar-refractivity contribution in [2.45, 2.75) is 16.8 Å². The molecular weight excluding hydrogens is 541 g/mol. The molecule has 0 unspecified atom stereocenters. The summed E-state index contributed by atoms with van der Waals surface area (Å²) in [5, 5.41) is 2.68. The summed E-state index contributed by atoms with van der Waals surface area (Å²) in [6, 6.07) is 17.0. The number of hydrogen-bond donors (Lipinski definition) is 2. The van der Waals surface area contributed by atoms with Crippen LogP contribution >= 0.6 is 27.7 Å². The first kappa shape index (κ1) is 25.1. The van der Waals surface area contributed by atoms with Crippen molar-refractivity contribution in [2.24, 2.45) is 0 Å². The SMILES string of the molecule is O=C(CSCc1cccc(Br)c1)Nc1ccc(S(=O)(=O)Nc2cccc(C(F)(F)F)c2)cc1. The molecule has 0 heterocycles. The maximum Gasteiger partial charge on any atom is 0.416 e. The average Bonchev–Trinajstić information content (AvgIpc) is 2.73. The van der Waals surface area contributed by atoms with E-state index in [0.717, 1.165) is 28.2 Å². The smallest absolute Gasteiger partial charge is 0.325 e. The number of carbonyl (C=O) groups excluding carboxylic acids is 1. The molecule has 0 saturated heterocycles. The number of hydrogen-bond acceptors (Lipinski definition) is 4. The predicted octanol–water partition coefficient (Wildman–Crippen LogP) is 6.14. The van der Waals surface area contributed by atoms with Crippen LogP contribution in [0.1, 0.15) is 11.1 Å². The number of rotatable bonds is 8. The van der Waals surface area contributed by atoms with Crippen molar-refractivity contribution < 1.29 is 26.4 Å². The Balaban J connectivity index is 1.57. The summed E-state index contributed by atoms with van der Waals surface area (Å²) in [5.74, 6) is 0.627. The van der Waals surface area contributed by atoms with Crippen molar-refractivity contribution in [1.82, 2.24) is 0 Å². The molecule has 0 atom stereocenters. The van der Waals surface area contributed by atoms with Crippen LogP contribution in [0.15, 0.2) is 82.2 Å². The molecule has 0 aliphatic carbocycles. The summed E-state index contributed by atoms with van der Waals surface area (Å²) >= 11 is 4.83. The highest BCUT2D eigenvalue weighted by atomic mass is 79.9. The molecule has 2 N–H and O–H groups in total. The molecule has 0 spiro atoms. The van der Waals surface area contributed by atoms with Crippen LogP contribution in [0.25, 0.3) is 0 Å². The second-order valence-corrected chi connectivity index (χ2v) is 10.5. The molecule has 0 fully saturated rings. The summed E-state index contributed by atoms with van der Waals surface area (Å²) in [4.78, 5) is 12.0. The van der Waals surface area contributed by atoms with Crippen molar-refractivity contribution in [3.8, 4) is 0 Å². The average molecular weight is 559 g/mol. The molecule has 3 aromatic carbocycles. The lowest BCUT2D eigenvalue weighted by molar-refractivity contribution is -0.137. The molecule has 174 valence electrons. The largest absolute Gasteiger partial charge is 0.416 e. The van der Waals surface area contributed by atoms with E-state index in [-0.39, 0.29) is 22.2 Å². The first-order valence-corrected chi connectivity index (χ1v) is 12.9. The van der Waals surface area contributed by atoms with Gasteiger partial charge in [-0.2, -0.15) is 13.2 Å². The van der Waals surface area contributed by atoms with Crippen molar-refractivity contribution in [3.05, 3.63) is 88.4 Å². The van der Waals surface area contributed by atoms with Crippen molar-refractivity contribution in [1.29, 1.82) is 0 Å². The van der Waals surface area contributed by atoms with Crippen LogP contribution in [-0.2, 0) is 26.7 Å². The standard InChI is InChI=1S/C22H18BrF3N2O3S2/c23-17-5-1-3-15(11-17)13-32-14-21(29)27-18-7-9-20(10-8-18)33(30,31)28-19-6-2-4-16(12-19)22(24,25)26/h1-12,28H,13-14H2,(H,27,29). The quantitative estimate of drug-likeness (QED) is 0.348. The summed E-state index contributed by atoms with van der Waals surface area (Å²) in [5.41, 5.74) is 0.314. The molecule has 33 heavy (non-hydrogen) atoms. The summed E-state index contributed by atoms with van der Waals surface area (Å²) < 4.78 is 66.6. The molecule has 3 rings (SSSR count). The third-order valence-electron chi connectivity index (χ3n) is 4.28. The van der Waals surface area contributed by atoms with Gasteiger partial charge in [0.2, 0.25) is 5.91 Å². The highest BCUT2D eigenvalue weighted by Crippen LogP contribution is 2.31. The fraction of sp³-hybridized carbons (Fsp3) is 0.136. The van der Waals surface area contributed by atoms with Gasteiger partial charge in [0.05, 0.1) is 16.2 Å². The van der Waals surface area contributed by atoms with Gasteiger partial charge in [-0.1, -0.05) is 34.1 Å². The molecule has 0 bridgehead atoms. The van der Waals surface area contributed by atoms with Crippen LogP contribution in [0, 0.1) is 0 Å². The van der Waals surface area contributed by atoms with E-state index < -0.39 is 21.8 Å². The summed E-state index contributed by atoms with van der Waals surface area (Å²) in [6.07, 6.45) is -4.59. The Hall–Kier alpha value is -2.50. The van der Waals surface area contributed by atoms with Crippen LogP contribution in [0.5, 0.6) is 0 Å². The van der Waals surface area contributed by atoms with E-state index >= 15 is 0 Å². The van der Waals surface area contributed by atoms with E-state index in [4.69, 9.17) is 0 Å². The Morgan fingerprint density at radius 3 is 2.30 bits per heavy atom. The normalized spacial score (nSPS) is 11.8. The van der Waals surface area contributed by atoms with Gasteiger partial charge in [-0.3, -0.25) is 9.52 Å². The first-order chi connectivity index (χ1) is 15.5. The number of sulfonamides is 1. The Labute approximate surface area is 202 Å². The topological polar surface area (TPSA) is 75.3 Å². The van der Waals surface area contributed by atoms with Gasteiger partial charge >= 0.3 is 6.18 Å². The maximum absolute atomic E-state index is 12.8. The molecule has 5 nitrogen and oxygen atoms in total. The molecule has 0 aromatic heterocycles. The van der Waals surface area contributed by atoms with Gasteiger partial charge in [0, 0.05) is 21.6 Å². The van der Waals surface area contributed by atoms with Gasteiger partial charge in [0.15, 0.2) is 0 Å². The lowest BCUT2D eigenvalue weighted by atomic mass is 10.2. The second-order valence-electron chi connectivity index (χ2n) is 6.88. The molecule has 0 aliphatic heterocycles. The Morgan fingerprint density at radius 2 is 1.64 bits per heavy atom. The lowest BCUT2D eigenvalue weighted by Crippen LogP contribution is -2.15. The number of benzene rings is 3. The number of amides is 1. The first-order valence-electron chi connectivity index (χ1n) is 9.45.